The van der Waals surface area contributed by atoms with E-state index in [0.717, 1.165) is 27.5 Å². The highest BCUT2D eigenvalue weighted by Gasteiger charge is 2.18. The molecule has 8 heteroatoms. The van der Waals surface area contributed by atoms with Crippen LogP contribution in [0.15, 0.2) is 83.1 Å². The quantitative estimate of drug-likeness (QED) is 0.268. The summed E-state index contributed by atoms with van der Waals surface area (Å²) in [5.74, 6) is 0.412. The van der Waals surface area contributed by atoms with Crippen LogP contribution in [0.1, 0.15) is 22.8 Å². The molecule has 0 spiro atoms. The van der Waals surface area contributed by atoms with E-state index in [9.17, 15) is 9.59 Å². The van der Waals surface area contributed by atoms with Crippen LogP contribution in [0, 0.1) is 6.92 Å². The third kappa shape index (κ3) is 6.29. The number of aryl methyl sites for hydroxylation is 1. The van der Waals surface area contributed by atoms with Crippen molar-refractivity contribution >= 4 is 45.7 Å². The molecule has 2 N–H and O–H groups in total. The number of amides is 2. The minimum Gasteiger partial charge on any atom is -0.496 e. The fraction of sp³-hybridized carbons (Fsp3) is 0.148. The summed E-state index contributed by atoms with van der Waals surface area (Å²) in [7, 11) is 1.62. The number of carbonyl (C=O) groups excluding carboxylic acids is 2. The van der Waals surface area contributed by atoms with E-state index in [4.69, 9.17) is 4.74 Å². The Morgan fingerprint density at radius 1 is 1.00 bits per heavy atom. The number of thiazole rings is 1. The second kappa shape index (κ2) is 11.2. The number of para-hydroxylation sites is 1. The molecule has 0 bridgehead atoms. The van der Waals surface area contributed by atoms with E-state index in [1.54, 1.807) is 13.2 Å². The van der Waals surface area contributed by atoms with Crippen LogP contribution in [0.3, 0.4) is 0 Å². The van der Waals surface area contributed by atoms with Crippen molar-refractivity contribution in [2.24, 2.45) is 0 Å². The van der Waals surface area contributed by atoms with Gasteiger partial charge >= 0.3 is 0 Å². The normalized spacial score (nSPS) is 11.5. The Balaban J connectivity index is 1.38. The van der Waals surface area contributed by atoms with Crippen LogP contribution >= 0.6 is 23.1 Å². The van der Waals surface area contributed by atoms with Crippen molar-refractivity contribution in [3.63, 3.8) is 0 Å². The van der Waals surface area contributed by atoms with Gasteiger partial charge in [0.25, 0.3) is 5.91 Å². The van der Waals surface area contributed by atoms with E-state index in [1.165, 1.54) is 23.1 Å². The number of aromatic nitrogens is 1. The molecular formula is C27H25N3O3S2. The minimum absolute atomic E-state index is 0.148. The molecule has 178 valence electrons. The van der Waals surface area contributed by atoms with Gasteiger partial charge in [-0.15, -0.1) is 23.1 Å². The fourth-order valence-electron chi connectivity index (χ4n) is 3.41. The highest BCUT2D eigenvalue weighted by molar-refractivity contribution is 8.00. The molecule has 4 rings (SSSR count). The fourth-order valence-corrected chi connectivity index (χ4v) is 5.05. The Labute approximate surface area is 212 Å². The Morgan fingerprint density at radius 3 is 2.60 bits per heavy atom. The van der Waals surface area contributed by atoms with Crippen molar-refractivity contribution in [2.75, 3.05) is 17.7 Å². The topological polar surface area (TPSA) is 80.3 Å². The van der Waals surface area contributed by atoms with Gasteiger partial charge in [0, 0.05) is 27.1 Å². The van der Waals surface area contributed by atoms with Crippen molar-refractivity contribution < 1.29 is 14.3 Å². The Bertz CT molecular complexity index is 1350. The van der Waals surface area contributed by atoms with Gasteiger partial charge in [0.1, 0.15) is 5.75 Å². The molecule has 3 aromatic carbocycles. The zero-order valence-electron chi connectivity index (χ0n) is 19.6. The third-order valence-electron chi connectivity index (χ3n) is 5.17. The van der Waals surface area contributed by atoms with E-state index in [1.807, 2.05) is 86.0 Å². The molecule has 35 heavy (non-hydrogen) atoms. The third-order valence-corrected chi connectivity index (χ3v) is 7.02. The van der Waals surface area contributed by atoms with Crippen LogP contribution in [0.4, 0.5) is 10.8 Å². The minimum atomic E-state index is -0.365. The number of rotatable bonds is 8. The van der Waals surface area contributed by atoms with Gasteiger partial charge in [-0.1, -0.05) is 35.9 Å². The van der Waals surface area contributed by atoms with Crippen molar-refractivity contribution in [1.82, 2.24) is 4.98 Å². The van der Waals surface area contributed by atoms with E-state index >= 15 is 0 Å². The van der Waals surface area contributed by atoms with E-state index < -0.39 is 0 Å². The molecule has 6 nitrogen and oxygen atoms in total. The Hall–Kier alpha value is -3.62. The first-order valence-corrected chi connectivity index (χ1v) is 12.7. The van der Waals surface area contributed by atoms with Crippen LogP contribution in [-0.4, -0.2) is 29.2 Å². The molecule has 2 amide bonds. The molecular weight excluding hydrogens is 478 g/mol. The van der Waals surface area contributed by atoms with Crippen LogP contribution in [-0.2, 0) is 4.79 Å². The largest absolute Gasteiger partial charge is 0.496 e. The molecule has 0 fully saturated rings. The van der Waals surface area contributed by atoms with Gasteiger partial charge < -0.3 is 15.4 Å². The Kier molecular flexibility index (Phi) is 7.84. The molecule has 4 aromatic rings. The lowest BCUT2D eigenvalue weighted by Crippen LogP contribution is -2.22. The number of carbonyl (C=O) groups is 2. The number of benzene rings is 3. The molecule has 0 saturated carbocycles. The van der Waals surface area contributed by atoms with Gasteiger partial charge in [-0.25, -0.2) is 4.98 Å². The molecule has 1 atom stereocenters. The monoisotopic (exact) mass is 503 g/mol. The molecule has 1 heterocycles. The highest BCUT2D eigenvalue weighted by atomic mass is 32.2. The number of nitrogens with one attached hydrogen (secondary N) is 2. The maximum absolute atomic E-state index is 12.8. The number of anilines is 2. The Morgan fingerprint density at radius 2 is 1.80 bits per heavy atom. The average molecular weight is 504 g/mol. The van der Waals surface area contributed by atoms with Crippen molar-refractivity contribution in [3.05, 3.63) is 89.3 Å². The van der Waals surface area contributed by atoms with Gasteiger partial charge in [0.2, 0.25) is 5.91 Å². The molecule has 1 unspecified atom stereocenters. The average Bonchev–Trinajstić information content (AvgIpc) is 3.32. The second-order valence-electron chi connectivity index (χ2n) is 7.84. The summed E-state index contributed by atoms with van der Waals surface area (Å²) in [5, 5.41) is 7.88. The van der Waals surface area contributed by atoms with Gasteiger partial charge in [-0.2, -0.15) is 0 Å². The van der Waals surface area contributed by atoms with Crippen molar-refractivity contribution in [2.45, 2.75) is 24.0 Å². The van der Waals surface area contributed by atoms with Crippen LogP contribution in [0.2, 0.25) is 0 Å². The summed E-state index contributed by atoms with van der Waals surface area (Å²) in [4.78, 5) is 30.8. The van der Waals surface area contributed by atoms with Gasteiger partial charge in [-0.3, -0.25) is 9.59 Å². The highest BCUT2D eigenvalue weighted by Crippen LogP contribution is 2.32. The number of hydrogen-bond acceptors (Lipinski definition) is 6. The van der Waals surface area contributed by atoms with E-state index in [-0.39, 0.29) is 17.1 Å². The lowest BCUT2D eigenvalue weighted by Gasteiger charge is -2.12. The first kappa shape index (κ1) is 24.5. The van der Waals surface area contributed by atoms with Gasteiger partial charge in [0.15, 0.2) is 5.13 Å². The zero-order valence-corrected chi connectivity index (χ0v) is 21.2. The van der Waals surface area contributed by atoms with Crippen molar-refractivity contribution in [1.29, 1.82) is 0 Å². The standard InChI is InChI=1S/C27H25N3O3S2/c1-17-8-6-9-19(14-17)26(32)28-20-10-7-11-21(15-20)35-18(2)25(31)30-27-29-23(16-34-27)22-12-4-5-13-24(22)33-3/h4-16,18H,1-3H3,(H,28,32)(H,29,30,31). The van der Waals surface area contributed by atoms with Gasteiger partial charge in [0.05, 0.1) is 18.1 Å². The van der Waals surface area contributed by atoms with Crippen LogP contribution in [0.5, 0.6) is 5.75 Å². The van der Waals surface area contributed by atoms with E-state index in [0.29, 0.717) is 16.4 Å². The summed E-state index contributed by atoms with van der Waals surface area (Å²) >= 11 is 2.78. The molecule has 0 aliphatic heterocycles. The summed E-state index contributed by atoms with van der Waals surface area (Å²) in [6.07, 6.45) is 0. The lowest BCUT2D eigenvalue weighted by molar-refractivity contribution is -0.115. The van der Waals surface area contributed by atoms with Crippen molar-refractivity contribution in [3.8, 4) is 17.0 Å². The number of methoxy groups -OCH3 is 1. The summed E-state index contributed by atoms with van der Waals surface area (Å²) in [6.45, 7) is 3.79. The van der Waals surface area contributed by atoms with E-state index in [2.05, 4.69) is 15.6 Å². The second-order valence-corrected chi connectivity index (χ2v) is 10.1. The molecule has 0 aliphatic rings. The smallest absolute Gasteiger partial charge is 0.255 e. The SMILES string of the molecule is COc1ccccc1-c1csc(NC(=O)C(C)Sc2cccc(NC(=O)c3cccc(C)c3)c2)n1. The molecule has 0 saturated heterocycles. The predicted molar refractivity (Wildman–Crippen MR) is 144 cm³/mol. The number of nitrogens with zero attached hydrogens (tertiary/aromatic N) is 1. The molecule has 1 aromatic heterocycles. The van der Waals surface area contributed by atoms with Gasteiger partial charge in [-0.05, 0) is 56.3 Å². The molecule has 0 radical (unpaired) electrons. The lowest BCUT2D eigenvalue weighted by atomic mass is 10.1. The summed E-state index contributed by atoms with van der Waals surface area (Å²) in [6, 6.07) is 22.5. The summed E-state index contributed by atoms with van der Waals surface area (Å²) in [5.41, 5.74) is 3.93. The number of hydrogen-bond donors (Lipinski definition) is 2. The molecule has 0 aliphatic carbocycles. The number of ether oxygens (including phenoxy) is 1. The van der Waals surface area contributed by atoms with Crippen LogP contribution < -0.4 is 15.4 Å². The zero-order chi connectivity index (χ0) is 24.8. The first-order chi connectivity index (χ1) is 16.9. The number of thioether (sulfide) groups is 1. The maximum atomic E-state index is 12.8. The maximum Gasteiger partial charge on any atom is 0.255 e. The summed E-state index contributed by atoms with van der Waals surface area (Å²) < 4.78 is 5.41. The first-order valence-electron chi connectivity index (χ1n) is 11.0. The van der Waals surface area contributed by atoms with Crippen LogP contribution in [0.25, 0.3) is 11.3 Å². The predicted octanol–water partition coefficient (Wildman–Crippen LogP) is 6.50.